The normalized spacial score (nSPS) is 10.6. The zero-order valence-corrected chi connectivity index (χ0v) is 21.3. The summed E-state index contributed by atoms with van der Waals surface area (Å²) in [5, 5.41) is 18.9. The zero-order chi connectivity index (χ0) is 21.5. The predicted octanol–water partition coefficient (Wildman–Crippen LogP) is -2.47. The van der Waals surface area contributed by atoms with Crippen LogP contribution in [-0.4, -0.2) is 85.4 Å². The van der Waals surface area contributed by atoms with Gasteiger partial charge in [-0.2, -0.15) is 0 Å². The molecule has 0 aliphatic rings. The molecular weight excluding hydrogens is 685 g/mol. The number of aliphatic carboxylic acids is 1. The molecule has 5 N–H and O–H groups in total. The maximum Gasteiger partial charge on any atom is 0.304 e. The van der Waals surface area contributed by atoms with Crippen LogP contribution in [0.2, 0.25) is 0 Å². The van der Waals surface area contributed by atoms with Crippen molar-refractivity contribution < 1.29 is 109 Å². The van der Waals surface area contributed by atoms with Gasteiger partial charge in [0.1, 0.15) is 0 Å². The summed E-state index contributed by atoms with van der Waals surface area (Å²) in [5.74, 6) is -3.26. The first kappa shape index (κ1) is 34.3. The number of rotatable bonds is 14. The second-order valence-electron chi connectivity index (χ2n) is 6.12. The van der Waals surface area contributed by atoms with Crippen molar-refractivity contribution in [1.29, 1.82) is 0 Å². The van der Waals surface area contributed by atoms with Gasteiger partial charge in [-0.05, 0) is 0 Å². The van der Waals surface area contributed by atoms with E-state index in [9.17, 15) is 24.0 Å². The molecule has 0 unspecified atom stereocenters. The SMILES string of the molecule is [CH2-]C(=O)NCCN(CCNC([CH2-])=O)CC(=O)NCCNC(=O)[C@@H](C)CC(=O)O.[Gd].[Gd]. The molecule has 0 aliphatic carbocycles. The predicted molar refractivity (Wildman–Crippen MR) is 101 cm³/mol. The number of hydrogen-bond acceptors (Lipinski definition) is 6. The minimum absolute atomic E-state index is 0. The summed E-state index contributed by atoms with van der Waals surface area (Å²) in [6.07, 6.45) is -0.263. The molecule has 0 aromatic carbocycles. The smallest absolute Gasteiger partial charge is 0.304 e. The summed E-state index contributed by atoms with van der Waals surface area (Å²) >= 11 is 0. The fourth-order valence-electron chi connectivity index (χ4n) is 2.15. The van der Waals surface area contributed by atoms with E-state index in [1.54, 1.807) is 4.90 Å². The van der Waals surface area contributed by atoms with Gasteiger partial charge in [0.2, 0.25) is 11.8 Å². The molecule has 0 saturated carbocycles. The van der Waals surface area contributed by atoms with Gasteiger partial charge in [0, 0.05) is 125 Å². The molecule has 0 aliphatic heterocycles. The van der Waals surface area contributed by atoms with Crippen molar-refractivity contribution in [2.45, 2.75) is 13.3 Å². The summed E-state index contributed by atoms with van der Waals surface area (Å²) in [6, 6.07) is 0. The number of nitrogens with one attached hydrogen (secondary N) is 4. The molecule has 0 saturated heterocycles. The van der Waals surface area contributed by atoms with Gasteiger partial charge in [-0.15, -0.1) is 0 Å². The van der Waals surface area contributed by atoms with Crippen molar-refractivity contribution in [3.8, 4) is 0 Å². The molecule has 0 spiro atoms. The van der Waals surface area contributed by atoms with Gasteiger partial charge in [-0.25, -0.2) is 0 Å². The van der Waals surface area contributed by atoms with Gasteiger partial charge in [0.05, 0.1) is 24.8 Å². The van der Waals surface area contributed by atoms with Crippen LogP contribution in [0, 0.1) is 99.6 Å². The molecule has 0 heterocycles. The quantitative estimate of drug-likeness (QED) is 0.0988. The average molecular weight is 714 g/mol. The third-order valence-electron chi connectivity index (χ3n) is 3.54. The Balaban J connectivity index is -0.00000364. The maximum absolute atomic E-state index is 12.0. The number of carbonyl (C=O) groups excluding carboxylic acids is 4. The molecule has 1 atom stereocenters. The number of amides is 4. The van der Waals surface area contributed by atoms with E-state index in [0.717, 1.165) is 0 Å². The van der Waals surface area contributed by atoms with Crippen molar-refractivity contribution in [2.24, 2.45) is 5.92 Å². The largest absolute Gasteiger partial charge is 0.481 e. The summed E-state index contributed by atoms with van der Waals surface area (Å²) in [7, 11) is 0. The van der Waals surface area contributed by atoms with Crippen LogP contribution in [0.15, 0.2) is 0 Å². The van der Waals surface area contributed by atoms with E-state index in [-0.39, 0.29) is 112 Å². The van der Waals surface area contributed by atoms with Crippen LogP contribution < -0.4 is 21.3 Å². The number of hydrogen-bond donors (Lipinski definition) is 5. The number of nitrogens with zero attached hydrogens (tertiary/aromatic N) is 1. The fraction of sp³-hybridized carbons (Fsp3) is 0.588. The fourth-order valence-corrected chi connectivity index (χ4v) is 2.15. The Kier molecular flexibility index (Phi) is 23.6. The standard InChI is InChI=1S/C17H29N5O6.2Gd/c1-12(10-16(26)27)17(28)21-5-4-20-15(25)11-22(8-6-18-13(2)23)9-7-19-14(3)24;;/h12H,2-11H2,1H3,(H,18,23)(H,19,24)(H,20,25)(H,21,28)(H,26,27);;/q-2;;/t12-;;/m0../s1. The van der Waals surface area contributed by atoms with Gasteiger partial charge in [0.25, 0.3) is 0 Å². The van der Waals surface area contributed by atoms with E-state index in [0.29, 0.717) is 26.2 Å². The Hall–Kier alpha value is -0.301. The third kappa shape index (κ3) is 21.0. The number of carboxylic acids is 1. The summed E-state index contributed by atoms with van der Waals surface area (Å²) < 4.78 is 0. The summed E-state index contributed by atoms with van der Waals surface area (Å²) in [4.78, 5) is 57.7. The van der Waals surface area contributed by atoms with E-state index < -0.39 is 29.6 Å². The molecule has 30 heavy (non-hydrogen) atoms. The molecule has 176 valence electrons. The number of carbonyl (C=O) groups is 5. The van der Waals surface area contributed by atoms with Crippen molar-refractivity contribution in [3.05, 3.63) is 13.8 Å². The molecule has 0 bridgehead atoms. The zero-order valence-electron chi connectivity index (χ0n) is 16.8. The van der Waals surface area contributed by atoms with E-state index in [1.807, 2.05) is 0 Å². The topological polar surface area (TPSA) is 157 Å². The van der Waals surface area contributed by atoms with Crippen LogP contribution >= 0.6 is 0 Å². The maximum atomic E-state index is 12.0. The van der Waals surface area contributed by atoms with Crippen molar-refractivity contribution in [2.75, 3.05) is 45.8 Å². The van der Waals surface area contributed by atoms with Crippen molar-refractivity contribution in [3.63, 3.8) is 0 Å². The van der Waals surface area contributed by atoms with Crippen LogP contribution in [0.5, 0.6) is 0 Å². The van der Waals surface area contributed by atoms with Crippen LogP contribution in [0.1, 0.15) is 13.3 Å². The van der Waals surface area contributed by atoms with E-state index in [4.69, 9.17) is 5.11 Å². The first-order valence-corrected chi connectivity index (χ1v) is 8.80. The molecule has 11 nitrogen and oxygen atoms in total. The average Bonchev–Trinajstić information content (AvgIpc) is 2.57. The first-order chi connectivity index (χ1) is 13.1. The Morgan fingerprint density at radius 3 is 1.73 bits per heavy atom. The van der Waals surface area contributed by atoms with Crippen molar-refractivity contribution in [1.82, 2.24) is 26.2 Å². The van der Waals surface area contributed by atoms with E-state index in [1.165, 1.54) is 6.92 Å². The van der Waals surface area contributed by atoms with Crippen LogP contribution in [-0.2, 0) is 24.0 Å². The molecule has 4 amide bonds. The van der Waals surface area contributed by atoms with Crippen LogP contribution in [0.25, 0.3) is 0 Å². The minimum atomic E-state index is -1.05. The van der Waals surface area contributed by atoms with Gasteiger partial charge in [-0.1, -0.05) is 6.92 Å². The minimum Gasteiger partial charge on any atom is -0.481 e. The molecule has 0 aromatic heterocycles. The van der Waals surface area contributed by atoms with E-state index >= 15 is 0 Å². The van der Waals surface area contributed by atoms with Gasteiger partial charge >= 0.3 is 5.97 Å². The molecule has 0 radical (unpaired) electrons. The second-order valence-corrected chi connectivity index (χ2v) is 6.12. The summed E-state index contributed by atoms with van der Waals surface area (Å²) in [5.41, 5.74) is 0. The second kappa shape index (κ2) is 20.6. The Bertz CT molecular complexity index is 545. The number of carboxylic acid groups (broad SMARTS) is 1. The Labute approximate surface area is 241 Å². The first-order valence-electron chi connectivity index (χ1n) is 8.80. The third-order valence-corrected chi connectivity index (χ3v) is 3.54. The van der Waals surface area contributed by atoms with Crippen molar-refractivity contribution >= 4 is 29.6 Å². The Morgan fingerprint density at radius 2 is 1.30 bits per heavy atom. The molecular formula is C17H29Gd2N5O6-2. The summed E-state index contributed by atoms with van der Waals surface area (Å²) in [6.45, 7) is 9.64. The molecule has 0 rings (SSSR count). The molecule has 13 heteroatoms. The monoisotopic (exact) mass is 715 g/mol. The van der Waals surface area contributed by atoms with Gasteiger partial charge < -0.3 is 49.8 Å². The van der Waals surface area contributed by atoms with Crippen LogP contribution in [0.3, 0.4) is 0 Å². The molecule has 0 fully saturated rings. The van der Waals surface area contributed by atoms with E-state index in [2.05, 4.69) is 35.1 Å². The Morgan fingerprint density at radius 1 is 0.833 bits per heavy atom. The van der Waals surface area contributed by atoms with Gasteiger partial charge in [-0.3, -0.25) is 19.3 Å². The van der Waals surface area contributed by atoms with Crippen LogP contribution in [0.4, 0.5) is 0 Å². The van der Waals surface area contributed by atoms with Gasteiger partial charge in [0.15, 0.2) is 0 Å². The molecule has 0 aromatic rings.